The zero-order valence-electron chi connectivity index (χ0n) is 10.2. The molecule has 0 saturated heterocycles. The number of hydrogen-bond acceptors (Lipinski definition) is 1. The molecule has 0 unspecified atom stereocenters. The van der Waals surface area contributed by atoms with Crippen molar-refractivity contribution in [3.63, 3.8) is 0 Å². The summed E-state index contributed by atoms with van der Waals surface area (Å²) < 4.78 is 0. The molecule has 1 amide bonds. The summed E-state index contributed by atoms with van der Waals surface area (Å²) in [6, 6.07) is 9.85. The SMILES string of the molecule is C=C(C(=O)NCc1ccccc1)C(C)(C)C. The average molecular weight is 217 g/mol. The summed E-state index contributed by atoms with van der Waals surface area (Å²) >= 11 is 0. The number of nitrogens with one attached hydrogen (secondary N) is 1. The predicted octanol–water partition coefficient (Wildman–Crippen LogP) is 2.91. The van der Waals surface area contributed by atoms with E-state index >= 15 is 0 Å². The lowest BCUT2D eigenvalue weighted by atomic mass is 9.87. The highest BCUT2D eigenvalue weighted by Crippen LogP contribution is 2.23. The van der Waals surface area contributed by atoms with E-state index in [0.717, 1.165) is 5.56 Å². The molecule has 0 aliphatic heterocycles. The van der Waals surface area contributed by atoms with Crippen LogP contribution in [0.5, 0.6) is 0 Å². The number of amides is 1. The molecule has 2 nitrogen and oxygen atoms in total. The van der Waals surface area contributed by atoms with Crippen molar-refractivity contribution in [3.05, 3.63) is 48.0 Å². The van der Waals surface area contributed by atoms with Gasteiger partial charge in [-0.1, -0.05) is 57.7 Å². The molecule has 0 aliphatic rings. The maximum absolute atomic E-state index is 11.8. The van der Waals surface area contributed by atoms with Crippen LogP contribution < -0.4 is 5.32 Å². The highest BCUT2D eigenvalue weighted by molar-refractivity contribution is 5.93. The summed E-state index contributed by atoms with van der Waals surface area (Å²) in [5.74, 6) is -0.0728. The molecule has 1 aromatic carbocycles. The molecular weight excluding hydrogens is 198 g/mol. The fourth-order valence-corrected chi connectivity index (χ4v) is 1.23. The Labute approximate surface area is 97.4 Å². The molecule has 86 valence electrons. The topological polar surface area (TPSA) is 29.1 Å². The van der Waals surface area contributed by atoms with E-state index < -0.39 is 0 Å². The van der Waals surface area contributed by atoms with Crippen molar-refractivity contribution >= 4 is 5.91 Å². The highest BCUT2D eigenvalue weighted by Gasteiger charge is 2.20. The Kier molecular flexibility index (Phi) is 3.88. The lowest BCUT2D eigenvalue weighted by molar-refractivity contribution is -0.118. The van der Waals surface area contributed by atoms with Crippen LogP contribution in [0.3, 0.4) is 0 Å². The minimum absolute atomic E-state index is 0.0728. The van der Waals surface area contributed by atoms with Crippen LogP contribution in [-0.2, 0) is 11.3 Å². The molecule has 0 saturated carbocycles. The fraction of sp³-hybridized carbons (Fsp3) is 0.357. The monoisotopic (exact) mass is 217 g/mol. The second-order valence-corrected chi connectivity index (χ2v) is 4.90. The van der Waals surface area contributed by atoms with E-state index in [-0.39, 0.29) is 11.3 Å². The van der Waals surface area contributed by atoms with Gasteiger partial charge < -0.3 is 5.32 Å². The molecule has 0 radical (unpaired) electrons. The van der Waals surface area contributed by atoms with Crippen LogP contribution >= 0.6 is 0 Å². The predicted molar refractivity (Wildman–Crippen MR) is 66.9 cm³/mol. The van der Waals surface area contributed by atoms with Gasteiger partial charge in [0.15, 0.2) is 0 Å². The van der Waals surface area contributed by atoms with Crippen molar-refractivity contribution < 1.29 is 4.79 Å². The fourth-order valence-electron chi connectivity index (χ4n) is 1.23. The van der Waals surface area contributed by atoms with Crippen LogP contribution in [-0.4, -0.2) is 5.91 Å². The second kappa shape index (κ2) is 4.97. The smallest absolute Gasteiger partial charge is 0.247 e. The molecule has 0 heterocycles. The van der Waals surface area contributed by atoms with Crippen molar-refractivity contribution in [3.8, 4) is 0 Å². The van der Waals surface area contributed by atoms with Crippen molar-refractivity contribution in [2.45, 2.75) is 27.3 Å². The minimum Gasteiger partial charge on any atom is -0.348 e. The van der Waals surface area contributed by atoms with Crippen LogP contribution in [0, 0.1) is 5.41 Å². The molecule has 0 atom stereocenters. The zero-order chi connectivity index (χ0) is 12.2. The van der Waals surface area contributed by atoms with Crippen LogP contribution in [0.2, 0.25) is 0 Å². The largest absolute Gasteiger partial charge is 0.348 e. The van der Waals surface area contributed by atoms with E-state index in [1.54, 1.807) is 0 Å². The van der Waals surface area contributed by atoms with Crippen molar-refractivity contribution in [1.29, 1.82) is 0 Å². The Morgan fingerprint density at radius 3 is 2.31 bits per heavy atom. The first-order valence-electron chi connectivity index (χ1n) is 5.43. The third-order valence-electron chi connectivity index (χ3n) is 2.48. The molecule has 0 fully saturated rings. The van der Waals surface area contributed by atoms with E-state index in [9.17, 15) is 4.79 Å². The van der Waals surface area contributed by atoms with Gasteiger partial charge in [0.1, 0.15) is 0 Å². The van der Waals surface area contributed by atoms with Gasteiger partial charge in [0.05, 0.1) is 0 Å². The van der Waals surface area contributed by atoms with Gasteiger partial charge in [-0.05, 0) is 11.0 Å². The standard InChI is InChI=1S/C14H19NO/c1-11(14(2,3)4)13(16)15-10-12-8-6-5-7-9-12/h5-9H,1,10H2,2-4H3,(H,15,16). The molecule has 0 aliphatic carbocycles. The molecule has 1 N–H and O–H groups in total. The number of carbonyl (C=O) groups excluding carboxylic acids is 1. The van der Waals surface area contributed by atoms with E-state index in [1.807, 2.05) is 51.1 Å². The summed E-state index contributed by atoms with van der Waals surface area (Å²) in [6.45, 7) is 10.3. The van der Waals surface area contributed by atoms with Crippen molar-refractivity contribution in [1.82, 2.24) is 5.32 Å². The molecule has 0 spiro atoms. The number of carbonyl (C=O) groups is 1. The highest BCUT2D eigenvalue weighted by atomic mass is 16.1. The Morgan fingerprint density at radius 2 is 1.81 bits per heavy atom. The summed E-state index contributed by atoms with van der Waals surface area (Å²) in [5, 5.41) is 2.87. The third-order valence-corrected chi connectivity index (χ3v) is 2.48. The van der Waals surface area contributed by atoms with E-state index in [2.05, 4.69) is 11.9 Å². The normalized spacial score (nSPS) is 10.9. The summed E-state index contributed by atoms with van der Waals surface area (Å²) in [7, 11) is 0. The first-order valence-corrected chi connectivity index (χ1v) is 5.43. The van der Waals surface area contributed by atoms with Gasteiger partial charge in [-0.25, -0.2) is 0 Å². The summed E-state index contributed by atoms with van der Waals surface area (Å²) in [5.41, 5.74) is 1.53. The third kappa shape index (κ3) is 3.54. The summed E-state index contributed by atoms with van der Waals surface area (Å²) in [4.78, 5) is 11.8. The second-order valence-electron chi connectivity index (χ2n) is 4.90. The molecule has 0 bridgehead atoms. The van der Waals surface area contributed by atoms with Gasteiger partial charge in [-0.2, -0.15) is 0 Å². The van der Waals surface area contributed by atoms with E-state index in [4.69, 9.17) is 0 Å². The Balaban J connectivity index is 2.51. The minimum atomic E-state index is -0.180. The van der Waals surface area contributed by atoms with Gasteiger partial charge in [-0.3, -0.25) is 4.79 Å². The van der Waals surface area contributed by atoms with Crippen molar-refractivity contribution in [2.75, 3.05) is 0 Å². The number of benzene rings is 1. The summed E-state index contributed by atoms with van der Waals surface area (Å²) in [6.07, 6.45) is 0. The molecule has 2 heteroatoms. The van der Waals surface area contributed by atoms with Crippen LogP contribution in [0.25, 0.3) is 0 Å². The quantitative estimate of drug-likeness (QED) is 0.775. The van der Waals surface area contributed by atoms with Crippen LogP contribution in [0.1, 0.15) is 26.3 Å². The lowest BCUT2D eigenvalue weighted by Gasteiger charge is -2.20. The molecule has 1 aromatic rings. The van der Waals surface area contributed by atoms with Crippen LogP contribution in [0.4, 0.5) is 0 Å². The zero-order valence-corrected chi connectivity index (χ0v) is 10.2. The maximum Gasteiger partial charge on any atom is 0.247 e. The van der Waals surface area contributed by atoms with Crippen LogP contribution in [0.15, 0.2) is 42.5 Å². The van der Waals surface area contributed by atoms with E-state index in [0.29, 0.717) is 12.1 Å². The molecule has 0 aromatic heterocycles. The van der Waals surface area contributed by atoms with Gasteiger partial charge in [0, 0.05) is 12.1 Å². The van der Waals surface area contributed by atoms with E-state index in [1.165, 1.54) is 0 Å². The lowest BCUT2D eigenvalue weighted by Crippen LogP contribution is -2.29. The first kappa shape index (κ1) is 12.5. The first-order chi connectivity index (χ1) is 7.41. The van der Waals surface area contributed by atoms with Gasteiger partial charge in [0.25, 0.3) is 0 Å². The molecule has 1 rings (SSSR count). The van der Waals surface area contributed by atoms with Gasteiger partial charge in [0.2, 0.25) is 5.91 Å². The maximum atomic E-state index is 11.8. The van der Waals surface area contributed by atoms with Crippen molar-refractivity contribution in [2.24, 2.45) is 5.41 Å². The Bertz CT molecular complexity index is 373. The average Bonchev–Trinajstić information content (AvgIpc) is 2.25. The Hall–Kier alpha value is -1.57. The molecular formula is C14H19NO. The Morgan fingerprint density at radius 1 is 1.25 bits per heavy atom. The van der Waals surface area contributed by atoms with Gasteiger partial charge >= 0.3 is 0 Å². The van der Waals surface area contributed by atoms with Gasteiger partial charge in [-0.15, -0.1) is 0 Å². The molecule has 16 heavy (non-hydrogen) atoms. The number of hydrogen-bond donors (Lipinski definition) is 1. The number of rotatable bonds is 3.